The summed E-state index contributed by atoms with van der Waals surface area (Å²) < 4.78 is 0. The first-order chi connectivity index (χ1) is 14.4. The third kappa shape index (κ3) is 3.76. The number of nitrogens with zero attached hydrogens (tertiary/aromatic N) is 1. The number of rotatable bonds is 5. The minimum atomic E-state index is -0.957. The molecule has 154 valence electrons. The number of hydrogen-bond donors (Lipinski definition) is 2. The van der Waals surface area contributed by atoms with Gasteiger partial charge in [-0.05, 0) is 44.4 Å². The summed E-state index contributed by atoms with van der Waals surface area (Å²) in [7, 11) is 0. The van der Waals surface area contributed by atoms with Gasteiger partial charge >= 0.3 is 0 Å². The standard InChI is InChI=1S/C24H25N3O2S/c1-16-10-12-17(13-11-16)22(20-9-6-14-30-20)25-15-21(28)27-19-8-5-4-7-18(19)26-23(29)24(27,2)3/h4-14,22,25H,15H2,1-3H3,(H,26,29)/p+1/t22-/m0/s1. The lowest BCUT2D eigenvalue weighted by Gasteiger charge is -2.41. The van der Waals surface area contributed by atoms with E-state index in [0.29, 0.717) is 5.69 Å². The van der Waals surface area contributed by atoms with Crippen molar-refractivity contribution in [3.8, 4) is 0 Å². The van der Waals surface area contributed by atoms with Crippen molar-refractivity contribution in [2.75, 3.05) is 16.8 Å². The molecule has 2 aromatic carbocycles. The average molecular weight is 421 g/mol. The van der Waals surface area contributed by atoms with Gasteiger partial charge in [-0.1, -0.05) is 48.0 Å². The van der Waals surface area contributed by atoms with Crippen LogP contribution in [-0.2, 0) is 9.59 Å². The Morgan fingerprint density at radius 3 is 2.53 bits per heavy atom. The molecule has 30 heavy (non-hydrogen) atoms. The molecule has 2 heterocycles. The summed E-state index contributed by atoms with van der Waals surface area (Å²) in [4.78, 5) is 28.9. The summed E-state index contributed by atoms with van der Waals surface area (Å²) in [6.45, 7) is 5.87. The Labute approximate surface area is 180 Å². The molecule has 1 aromatic heterocycles. The van der Waals surface area contributed by atoms with Crippen LogP contribution in [0.25, 0.3) is 0 Å². The topological polar surface area (TPSA) is 66.0 Å². The highest BCUT2D eigenvalue weighted by molar-refractivity contribution is 7.10. The zero-order chi connectivity index (χ0) is 21.3. The first kappa shape index (κ1) is 20.3. The van der Waals surface area contributed by atoms with E-state index in [9.17, 15) is 9.59 Å². The van der Waals surface area contributed by atoms with Crippen molar-refractivity contribution in [2.45, 2.75) is 32.4 Å². The number of hydrogen-bond acceptors (Lipinski definition) is 3. The number of nitrogens with one attached hydrogen (secondary N) is 1. The fourth-order valence-electron chi connectivity index (χ4n) is 3.87. The second-order valence-corrected chi connectivity index (χ2v) is 9.08. The van der Waals surface area contributed by atoms with E-state index < -0.39 is 5.54 Å². The minimum absolute atomic E-state index is 0.0338. The third-order valence-electron chi connectivity index (χ3n) is 5.57. The smallest absolute Gasteiger partial charge is 0.283 e. The van der Waals surface area contributed by atoms with E-state index in [1.54, 1.807) is 30.1 Å². The maximum Gasteiger partial charge on any atom is 0.283 e. The van der Waals surface area contributed by atoms with Crippen LogP contribution in [0.4, 0.5) is 11.4 Å². The molecule has 0 saturated heterocycles. The highest BCUT2D eigenvalue weighted by atomic mass is 32.1. The van der Waals surface area contributed by atoms with Crippen molar-refractivity contribution in [1.82, 2.24) is 0 Å². The Morgan fingerprint density at radius 2 is 1.83 bits per heavy atom. The molecule has 0 spiro atoms. The average Bonchev–Trinajstić information content (AvgIpc) is 3.24. The van der Waals surface area contributed by atoms with Crippen molar-refractivity contribution in [3.05, 3.63) is 82.0 Å². The van der Waals surface area contributed by atoms with Gasteiger partial charge in [0.25, 0.3) is 5.91 Å². The summed E-state index contributed by atoms with van der Waals surface area (Å²) in [5.41, 5.74) is 2.82. The Morgan fingerprint density at radius 1 is 1.10 bits per heavy atom. The predicted octanol–water partition coefficient (Wildman–Crippen LogP) is 3.47. The van der Waals surface area contributed by atoms with Gasteiger partial charge in [0.1, 0.15) is 11.6 Å². The first-order valence-electron chi connectivity index (χ1n) is 10.0. The second-order valence-electron chi connectivity index (χ2n) is 8.10. The molecule has 3 N–H and O–H groups in total. The molecule has 3 aromatic rings. The Kier molecular flexibility index (Phi) is 5.45. The molecule has 1 aliphatic heterocycles. The number of carbonyl (C=O) groups is 2. The van der Waals surface area contributed by atoms with Gasteiger partial charge in [0, 0.05) is 5.56 Å². The number of para-hydroxylation sites is 2. The molecule has 1 atom stereocenters. The molecule has 0 radical (unpaired) electrons. The lowest BCUT2D eigenvalue weighted by atomic mass is 9.96. The Bertz CT molecular complexity index is 1060. The predicted molar refractivity (Wildman–Crippen MR) is 121 cm³/mol. The SMILES string of the molecule is Cc1ccc([C@H]([NH2+]CC(=O)N2c3ccccc3NC(=O)C2(C)C)c2cccs2)cc1. The number of nitrogens with two attached hydrogens (primary N) is 1. The quantitative estimate of drug-likeness (QED) is 0.664. The molecule has 5 nitrogen and oxygen atoms in total. The zero-order valence-corrected chi connectivity index (χ0v) is 18.2. The van der Waals surface area contributed by atoms with E-state index in [1.807, 2.05) is 30.3 Å². The fraction of sp³-hybridized carbons (Fsp3) is 0.250. The van der Waals surface area contributed by atoms with Gasteiger partial charge < -0.3 is 10.6 Å². The molecular weight excluding hydrogens is 394 g/mol. The fourth-order valence-corrected chi connectivity index (χ4v) is 4.72. The molecule has 6 heteroatoms. The molecule has 0 unspecified atom stereocenters. The normalized spacial score (nSPS) is 16.0. The van der Waals surface area contributed by atoms with Gasteiger partial charge in [-0.2, -0.15) is 0 Å². The number of fused-ring (bicyclic) bond motifs is 1. The van der Waals surface area contributed by atoms with Crippen molar-refractivity contribution < 1.29 is 14.9 Å². The lowest BCUT2D eigenvalue weighted by molar-refractivity contribution is -0.676. The van der Waals surface area contributed by atoms with E-state index >= 15 is 0 Å². The van der Waals surface area contributed by atoms with Gasteiger partial charge in [-0.15, -0.1) is 11.3 Å². The minimum Gasteiger partial charge on any atom is -0.328 e. The zero-order valence-electron chi connectivity index (χ0n) is 17.4. The maximum absolute atomic E-state index is 13.4. The van der Waals surface area contributed by atoms with Crippen LogP contribution < -0.4 is 15.5 Å². The summed E-state index contributed by atoms with van der Waals surface area (Å²) in [5, 5.41) is 7.03. The van der Waals surface area contributed by atoms with Crippen molar-refractivity contribution in [2.24, 2.45) is 0 Å². The summed E-state index contributed by atoms with van der Waals surface area (Å²) in [5.74, 6) is -0.265. The van der Waals surface area contributed by atoms with E-state index in [-0.39, 0.29) is 24.4 Å². The second kappa shape index (κ2) is 8.05. The third-order valence-corrected chi connectivity index (χ3v) is 6.53. The van der Waals surface area contributed by atoms with Gasteiger partial charge in [0.15, 0.2) is 6.54 Å². The van der Waals surface area contributed by atoms with Crippen LogP contribution in [0, 0.1) is 6.92 Å². The molecule has 0 bridgehead atoms. The Balaban J connectivity index is 1.60. The number of carbonyl (C=O) groups excluding carboxylic acids is 2. The van der Waals surface area contributed by atoms with Gasteiger partial charge in [-0.25, -0.2) is 0 Å². The molecular formula is C24H26N3O2S+. The number of anilines is 2. The van der Waals surface area contributed by atoms with Crippen LogP contribution in [0.2, 0.25) is 0 Å². The maximum atomic E-state index is 13.4. The van der Waals surface area contributed by atoms with Crippen LogP contribution in [-0.4, -0.2) is 23.9 Å². The number of amides is 2. The highest BCUT2D eigenvalue weighted by Gasteiger charge is 2.44. The first-order valence-corrected chi connectivity index (χ1v) is 10.9. The largest absolute Gasteiger partial charge is 0.328 e. The van der Waals surface area contributed by atoms with E-state index in [0.717, 1.165) is 11.3 Å². The van der Waals surface area contributed by atoms with E-state index in [2.05, 4.69) is 53.3 Å². The molecule has 0 fully saturated rings. The van der Waals surface area contributed by atoms with Crippen LogP contribution in [0.1, 0.15) is 35.9 Å². The van der Waals surface area contributed by atoms with Crippen molar-refractivity contribution in [1.29, 1.82) is 0 Å². The number of quaternary nitrogens is 1. The summed E-state index contributed by atoms with van der Waals surface area (Å²) in [6, 6.07) is 20.1. The highest BCUT2D eigenvalue weighted by Crippen LogP contribution is 2.36. The van der Waals surface area contributed by atoms with Crippen LogP contribution >= 0.6 is 11.3 Å². The van der Waals surface area contributed by atoms with Gasteiger partial charge in [0.05, 0.1) is 16.3 Å². The van der Waals surface area contributed by atoms with E-state index in [4.69, 9.17) is 0 Å². The van der Waals surface area contributed by atoms with Crippen LogP contribution in [0.3, 0.4) is 0 Å². The molecule has 0 saturated carbocycles. The number of benzene rings is 2. The Hall–Kier alpha value is -2.96. The van der Waals surface area contributed by atoms with Crippen LogP contribution in [0.5, 0.6) is 0 Å². The van der Waals surface area contributed by atoms with E-state index in [1.165, 1.54) is 10.4 Å². The van der Waals surface area contributed by atoms with Crippen LogP contribution in [0.15, 0.2) is 66.0 Å². The molecule has 4 rings (SSSR count). The molecule has 2 amide bonds. The van der Waals surface area contributed by atoms with Gasteiger partial charge in [0.2, 0.25) is 5.91 Å². The molecule has 1 aliphatic rings. The summed E-state index contributed by atoms with van der Waals surface area (Å²) >= 11 is 1.69. The summed E-state index contributed by atoms with van der Waals surface area (Å²) in [6.07, 6.45) is 0. The lowest BCUT2D eigenvalue weighted by Crippen LogP contribution is -2.88. The number of thiophene rings is 1. The monoisotopic (exact) mass is 420 g/mol. The van der Waals surface area contributed by atoms with Gasteiger partial charge in [-0.3, -0.25) is 14.5 Å². The van der Waals surface area contributed by atoms with Crippen molar-refractivity contribution in [3.63, 3.8) is 0 Å². The van der Waals surface area contributed by atoms with Crippen molar-refractivity contribution >= 4 is 34.5 Å². The number of aryl methyl sites for hydroxylation is 1. The molecule has 0 aliphatic carbocycles.